The molecule has 0 unspecified atom stereocenters. The van der Waals surface area contributed by atoms with E-state index in [4.69, 9.17) is 5.73 Å². The molecule has 1 aliphatic carbocycles. The van der Waals surface area contributed by atoms with Gasteiger partial charge in [0.05, 0.1) is 4.88 Å². The molecule has 5 nitrogen and oxygen atoms in total. The maximum atomic E-state index is 11.7. The fraction of sp³-hybridized carbons (Fsp3) is 0.571. The van der Waals surface area contributed by atoms with Crippen molar-refractivity contribution < 1.29 is 4.79 Å². The van der Waals surface area contributed by atoms with Crippen LogP contribution in [0.15, 0.2) is 22.5 Å². The van der Waals surface area contributed by atoms with Crippen molar-refractivity contribution in [1.29, 1.82) is 0 Å². The number of hydrogen-bond donors (Lipinski definition) is 3. The first-order chi connectivity index (χ1) is 9.75. The lowest BCUT2D eigenvalue weighted by Gasteiger charge is -2.23. The van der Waals surface area contributed by atoms with Gasteiger partial charge in [0.1, 0.15) is 0 Å². The fourth-order valence-corrected chi connectivity index (χ4v) is 2.60. The van der Waals surface area contributed by atoms with Gasteiger partial charge in [-0.15, -0.1) is 11.3 Å². The number of thiophene rings is 1. The third-order valence-corrected chi connectivity index (χ3v) is 4.30. The molecule has 1 amide bonds. The molecule has 1 saturated carbocycles. The molecule has 1 aromatic rings. The Kier molecular flexibility index (Phi) is 5.86. The highest BCUT2D eigenvalue weighted by Crippen LogP contribution is 2.26. The highest BCUT2D eigenvalue weighted by molar-refractivity contribution is 7.12. The van der Waals surface area contributed by atoms with E-state index in [0.717, 1.165) is 30.3 Å². The molecule has 2 rings (SSSR count). The van der Waals surface area contributed by atoms with E-state index in [1.165, 1.54) is 30.6 Å². The monoisotopic (exact) mass is 294 g/mol. The van der Waals surface area contributed by atoms with Crippen LogP contribution in [0.1, 0.15) is 35.4 Å². The summed E-state index contributed by atoms with van der Waals surface area (Å²) in [6.07, 6.45) is 4.73. The zero-order valence-corrected chi connectivity index (χ0v) is 12.4. The number of nitrogens with zero attached hydrogens (tertiary/aromatic N) is 1. The summed E-state index contributed by atoms with van der Waals surface area (Å²) in [6, 6.07) is 3.70. The summed E-state index contributed by atoms with van der Waals surface area (Å²) >= 11 is 1.45. The molecule has 6 heteroatoms. The first-order valence-electron chi connectivity index (χ1n) is 7.11. The van der Waals surface area contributed by atoms with Gasteiger partial charge in [-0.3, -0.25) is 9.79 Å². The highest BCUT2D eigenvalue weighted by Gasteiger charge is 2.16. The molecule has 1 fully saturated rings. The quantitative estimate of drug-likeness (QED) is 0.406. The molecular weight excluding hydrogens is 272 g/mol. The molecule has 20 heavy (non-hydrogen) atoms. The van der Waals surface area contributed by atoms with Crippen molar-refractivity contribution in [1.82, 2.24) is 10.6 Å². The molecule has 0 aliphatic heterocycles. The summed E-state index contributed by atoms with van der Waals surface area (Å²) in [5.41, 5.74) is 5.77. The van der Waals surface area contributed by atoms with Crippen molar-refractivity contribution in [2.75, 3.05) is 19.6 Å². The number of hydrogen-bond acceptors (Lipinski definition) is 3. The topological polar surface area (TPSA) is 79.5 Å². The molecular formula is C14H22N4OS. The highest BCUT2D eigenvalue weighted by atomic mass is 32.1. The van der Waals surface area contributed by atoms with E-state index < -0.39 is 0 Å². The van der Waals surface area contributed by atoms with Gasteiger partial charge in [-0.05, 0) is 36.6 Å². The van der Waals surface area contributed by atoms with Crippen LogP contribution in [0.4, 0.5) is 0 Å². The van der Waals surface area contributed by atoms with E-state index in [9.17, 15) is 4.79 Å². The van der Waals surface area contributed by atoms with Gasteiger partial charge in [0, 0.05) is 19.6 Å². The van der Waals surface area contributed by atoms with Crippen LogP contribution in [0.3, 0.4) is 0 Å². The van der Waals surface area contributed by atoms with Gasteiger partial charge in [-0.25, -0.2) is 0 Å². The van der Waals surface area contributed by atoms with Gasteiger partial charge >= 0.3 is 0 Å². The Morgan fingerprint density at radius 3 is 2.85 bits per heavy atom. The van der Waals surface area contributed by atoms with Gasteiger partial charge in [-0.1, -0.05) is 12.5 Å². The third-order valence-electron chi connectivity index (χ3n) is 3.43. The van der Waals surface area contributed by atoms with Crippen LogP contribution in [0.5, 0.6) is 0 Å². The SMILES string of the molecule is NC(=NCC1CCC1)NCCCNC(=O)c1cccs1. The zero-order valence-electron chi connectivity index (χ0n) is 11.6. The molecule has 0 atom stereocenters. The number of guanidine groups is 1. The molecule has 0 bridgehead atoms. The summed E-state index contributed by atoms with van der Waals surface area (Å²) < 4.78 is 0. The van der Waals surface area contributed by atoms with Gasteiger partial charge in [-0.2, -0.15) is 0 Å². The summed E-state index contributed by atoms with van der Waals surface area (Å²) in [6.45, 7) is 2.21. The van der Waals surface area contributed by atoms with Crippen molar-refractivity contribution in [3.63, 3.8) is 0 Å². The van der Waals surface area contributed by atoms with Crippen LogP contribution in [-0.4, -0.2) is 31.5 Å². The summed E-state index contributed by atoms with van der Waals surface area (Å²) in [5, 5.41) is 7.85. The molecule has 110 valence electrons. The van der Waals surface area contributed by atoms with Gasteiger partial charge in [0.2, 0.25) is 0 Å². The maximum absolute atomic E-state index is 11.7. The zero-order chi connectivity index (χ0) is 14.2. The van der Waals surface area contributed by atoms with E-state index in [0.29, 0.717) is 12.5 Å². The van der Waals surface area contributed by atoms with Crippen LogP contribution in [0.25, 0.3) is 0 Å². The number of rotatable bonds is 7. The molecule has 1 heterocycles. The molecule has 0 aromatic carbocycles. The minimum absolute atomic E-state index is 0.00776. The summed E-state index contributed by atoms with van der Waals surface area (Å²) in [7, 11) is 0. The predicted molar refractivity (Wildman–Crippen MR) is 83.1 cm³/mol. The number of amides is 1. The minimum atomic E-state index is -0.00776. The first kappa shape index (κ1) is 14.8. The van der Waals surface area contributed by atoms with Gasteiger partial charge in [0.25, 0.3) is 5.91 Å². The molecule has 0 saturated heterocycles. The van der Waals surface area contributed by atoms with Gasteiger partial charge < -0.3 is 16.4 Å². The Morgan fingerprint density at radius 1 is 1.40 bits per heavy atom. The lowest BCUT2D eigenvalue weighted by Crippen LogP contribution is -2.35. The second kappa shape index (κ2) is 7.89. The first-order valence-corrected chi connectivity index (χ1v) is 7.99. The lowest BCUT2D eigenvalue weighted by atomic mass is 9.86. The smallest absolute Gasteiger partial charge is 0.261 e. The van der Waals surface area contributed by atoms with E-state index in [1.54, 1.807) is 0 Å². The average molecular weight is 294 g/mol. The van der Waals surface area contributed by atoms with Crippen molar-refractivity contribution in [2.45, 2.75) is 25.7 Å². The van der Waals surface area contributed by atoms with Gasteiger partial charge in [0.15, 0.2) is 5.96 Å². The van der Waals surface area contributed by atoms with Crippen LogP contribution in [0.2, 0.25) is 0 Å². The number of carbonyl (C=O) groups excluding carboxylic acids is 1. The van der Waals surface area contributed by atoms with Crippen molar-refractivity contribution in [3.05, 3.63) is 22.4 Å². The average Bonchev–Trinajstić information content (AvgIpc) is 2.90. The largest absolute Gasteiger partial charge is 0.370 e. The van der Waals surface area contributed by atoms with Crippen LogP contribution < -0.4 is 16.4 Å². The Bertz CT molecular complexity index is 440. The van der Waals surface area contributed by atoms with Crippen LogP contribution >= 0.6 is 11.3 Å². The van der Waals surface area contributed by atoms with Crippen LogP contribution in [0, 0.1) is 5.92 Å². The fourth-order valence-electron chi connectivity index (χ4n) is 1.96. The maximum Gasteiger partial charge on any atom is 0.261 e. The van der Waals surface area contributed by atoms with Crippen molar-refractivity contribution >= 4 is 23.2 Å². The molecule has 1 aromatic heterocycles. The Hall–Kier alpha value is -1.56. The minimum Gasteiger partial charge on any atom is -0.370 e. The predicted octanol–water partition coefficient (Wildman–Crippen LogP) is 1.57. The molecule has 0 radical (unpaired) electrons. The Labute approximate surface area is 123 Å². The number of nitrogens with one attached hydrogen (secondary N) is 2. The molecule has 1 aliphatic rings. The third kappa shape index (κ3) is 4.85. The van der Waals surface area contributed by atoms with Crippen molar-refractivity contribution in [3.8, 4) is 0 Å². The summed E-state index contributed by atoms with van der Waals surface area (Å²) in [4.78, 5) is 16.7. The van der Waals surface area contributed by atoms with E-state index in [2.05, 4.69) is 15.6 Å². The number of carbonyl (C=O) groups is 1. The lowest BCUT2D eigenvalue weighted by molar-refractivity contribution is 0.0957. The van der Waals surface area contributed by atoms with E-state index in [-0.39, 0.29) is 5.91 Å². The second-order valence-corrected chi connectivity index (χ2v) is 5.98. The number of nitrogens with two attached hydrogens (primary N) is 1. The Balaban J connectivity index is 1.51. The normalized spacial score (nSPS) is 15.7. The number of aliphatic imine (C=N–C) groups is 1. The second-order valence-electron chi connectivity index (χ2n) is 5.04. The Morgan fingerprint density at radius 2 is 2.20 bits per heavy atom. The van der Waals surface area contributed by atoms with Crippen molar-refractivity contribution in [2.24, 2.45) is 16.6 Å². The standard InChI is InChI=1S/C14H22N4OS/c15-14(18-10-11-4-1-5-11)17-8-3-7-16-13(19)12-6-2-9-20-12/h2,6,9,11H,1,3-5,7-8,10H2,(H,16,19)(H3,15,17,18). The summed E-state index contributed by atoms with van der Waals surface area (Å²) in [5.74, 6) is 1.24. The molecule has 4 N–H and O–H groups in total. The van der Waals surface area contributed by atoms with E-state index in [1.807, 2.05) is 17.5 Å². The van der Waals surface area contributed by atoms with Crippen LogP contribution in [-0.2, 0) is 0 Å². The van der Waals surface area contributed by atoms with E-state index >= 15 is 0 Å². The molecule has 0 spiro atoms.